The van der Waals surface area contributed by atoms with Gasteiger partial charge in [0.25, 0.3) is 0 Å². The number of amides is 3. The Bertz CT molecular complexity index is 790. The van der Waals surface area contributed by atoms with Gasteiger partial charge in [-0.3, -0.25) is 4.79 Å². The minimum absolute atomic E-state index is 0.0207. The van der Waals surface area contributed by atoms with Crippen molar-refractivity contribution in [1.29, 1.82) is 0 Å². The van der Waals surface area contributed by atoms with Crippen LogP contribution in [0.15, 0.2) is 30.5 Å². The van der Waals surface area contributed by atoms with Gasteiger partial charge in [-0.15, -0.1) is 0 Å². The van der Waals surface area contributed by atoms with E-state index in [9.17, 15) is 19.5 Å². The number of nitrogens with zero attached hydrogens (tertiary/aromatic N) is 1. The summed E-state index contributed by atoms with van der Waals surface area (Å²) in [5.41, 5.74) is 5.73. The molecule has 1 atom stereocenters. The molecule has 0 saturated heterocycles. The van der Waals surface area contributed by atoms with Crippen LogP contribution in [0.2, 0.25) is 5.02 Å². The van der Waals surface area contributed by atoms with E-state index in [1.54, 1.807) is 29.0 Å². The van der Waals surface area contributed by atoms with Crippen LogP contribution in [-0.2, 0) is 16.1 Å². The topological polar surface area (TPSA) is 126 Å². The van der Waals surface area contributed by atoms with Gasteiger partial charge in [-0.25, -0.2) is 9.59 Å². The first-order chi connectivity index (χ1) is 11.9. The first-order valence-electron chi connectivity index (χ1n) is 7.67. The van der Waals surface area contributed by atoms with E-state index in [1.165, 1.54) is 0 Å². The molecule has 9 heteroatoms. The third kappa shape index (κ3) is 5.12. The lowest BCUT2D eigenvalue weighted by Gasteiger charge is -2.15. The molecule has 0 radical (unpaired) electrons. The summed E-state index contributed by atoms with van der Waals surface area (Å²) in [4.78, 5) is 34.0. The molecule has 8 nitrogen and oxygen atoms in total. The number of halogens is 1. The number of nitrogens with one attached hydrogen (secondary N) is 2. The smallest absolute Gasteiger partial charge is 0.326 e. The number of nitrogens with two attached hydrogens (primary N) is 1. The number of carboxylic acid groups (broad SMARTS) is 1. The summed E-state index contributed by atoms with van der Waals surface area (Å²) in [5, 5.41) is 15.5. The normalized spacial score (nSPS) is 11.9. The van der Waals surface area contributed by atoms with E-state index in [1.807, 2.05) is 6.07 Å². The molecule has 0 aliphatic carbocycles. The van der Waals surface area contributed by atoms with Crippen LogP contribution in [0.4, 0.5) is 4.79 Å². The van der Waals surface area contributed by atoms with Crippen LogP contribution in [0, 0.1) is 0 Å². The zero-order valence-corrected chi connectivity index (χ0v) is 14.1. The largest absolute Gasteiger partial charge is 0.480 e. The van der Waals surface area contributed by atoms with E-state index in [0.29, 0.717) is 11.4 Å². The van der Waals surface area contributed by atoms with Crippen LogP contribution >= 0.6 is 11.6 Å². The second kappa shape index (κ2) is 8.39. The van der Waals surface area contributed by atoms with Crippen molar-refractivity contribution in [2.24, 2.45) is 5.73 Å². The van der Waals surface area contributed by atoms with Gasteiger partial charge in [0.1, 0.15) is 12.6 Å². The van der Waals surface area contributed by atoms with Crippen molar-refractivity contribution in [1.82, 2.24) is 15.2 Å². The quantitative estimate of drug-likeness (QED) is 0.525. The molecule has 0 saturated carbocycles. The maximum absolute atomic E-state index is 12.2. The van der Waals surface area contributed by atoms with E-state index in [2.05, 4.69) is 10.6 Å². The molecule has 1 aromatic heterocycles. The number of urea groups is 1. The molecule has 2 rings (SSSR count). The Hall–Kier alpha value is -2.74. The molecule has 25 heavy (non-hydrogen) atoms. The number of fused-ring (bicyclic) bond motifs is 1. The van der Waals surface area contributed by atoms with Crippen LogP contribution in [0.1, 0.15) is 12.8 Å². The lowest BCUT2D eigenvalue weighted by molar-refractivity contribution is -0.142. The number of benzene rings is 1. The first-order valence-corrected chi connectivity index (χ1v) is 8.05. The standard InChI is InChI=1S/C16H19ClN4O4/c17-11-3-1-5-13-10(11)6-8-21(13)9-14(22)20-12(15(23)24)4-2-7-19-16(18)25/h1,3,5-6,8,12H,2,4,7,9H2,(H,20,22)(H,23,24)(H3,18,19,25)/t12-/m1/s1. The third-order valence-corrected chi connectivity index (χ3v) is 4.01. The fraction of sp³-hybridized carbons (Fsp3) is 0.312. The molecule has 134 valence electrons. The predicted octanol–water partition coefficient (Wildman–Crippen LogP) is 1.31. The van der Waals surface area contributed by atoms with Crippen LogP contribution in [-0.4, -0.2) is 40.2 Å². The maximum atomic E-state index is 12.2. The molecule has 0 aliphatic heterocycles. The monoisotopic (exact) mass is 366 g/mol. The van der Waals surface area contributed by atoms with Gasteiger partial charge >= 0.3 is 12.0 Å². The van der Waals surface area contributed by atoms with Crippen molar-refractivity contribution in [2.45, 2.75) is 25.4 Å². The Labute approximate surface area is 148 Å². The Morgan fingerprint density at radius 1 is 1.28 bits per heavy atom. The van der Waals surface area contributed by atoms with Crippen molar-refractivity contribution >= 4 is 40.4 Å². The number of hydrogen-bond acceptors (Lipinski definition) is 3. The lowest BCUT2D eigenvalue weighted by atomic mass is 10.1. The second-order valence-corrected chi connectivity index (χ2v) is 5.92. The van der Waals surface area contributed by atoms with Gasteiger partial charge in [0, 0.05) is 28.7 Å². The van der Waals surface area contributed by atoms with Crippen molar-refractivity contribution < 1.29 is 19.5 Å². The summed E-state index contributed by atoms with van der Waals surface area (Å²) < 4.78 is 1.70. The highest BCUT2D eigenvalue weighted by atomic mass is 35.5. The minimum atomic E-state index is -1.13. The van der Waals surface area contributed by atoms with Gasteiger partial charge in [0.05, 0.1) is 0 Å². The molecule has 0 fully saturated rings. The Morgan fingerprint density at radius 2 is 2.04 bits per heavy atom. The number of carbonyl (C=O) groups excluding carboxylic acids is 2. The van der Waals surface area contributed by atoms with Crippen molar-refractivity contribution in [2.75, 3.05) is 6.54 Å². The molecule has 2 aromatic rings. The third-order valence-electron chi connectivity index (χ3n) is 3.68. The molecule has 0 unspecified atom stereocenters. The van der Waals surface area contributed by atoms with Gasteiger partial charge in [0.2, 0.25) is 5.91 Å². The number of hydrogen-bond donors (Lipinski definition) is 4. The number of aliphatic carboxylic acids is 1. The molecular formula is C16H19ClN4O4. The van der Waals surface area contributed by atoms with Gasteiger partial charge in [-0.2, -0.15) is 0 Å². The van der Waals surface area contributed by atoms with Gasteiger partial charge in [-0.1, -0.05) is 17.7 Å². The molecule has 1 heterocycles. The van der Waals surface area contributed by atoms with Crippen LogP contribution in [0.25, 0.3) is 10.9 Å². The van der Waals surface area contributed by atoms with Gasteiger partial charge < -0.3 is 26.0 Å². The number of aromatic nitrogens is 1. The summed E-state index contributed by atoms with van der Waals surface area (Å²) in [6.07, 6.45) is 2.28. The molecule has 1 aromatic carbocycles. The fourth-order valence-electron chi connectivity index (χ4n) is 2.49. The van der Waals surface area contributed by atoms with Crippen LogP contribution in [0.3, 0.4) is 0 Å². The highest BCUT2D eigenvalue weighted by Crippen LogP contribution is 2.24. The van der Waals surface area contributed by atoms with E-state index < -0.39 is 23.9 Å². The number of carboxylic acids is 1. The van der Waals surface area contributed by atoms with Gasteiger partial charge in [-0.05, 0) is 31.0 Å². The summed E-state index contributed by atoms with van der Waals surface area (Å²) >= 11 is 6.10. The van der Waals surface area contributed by atoms with Crippen molar-refractivity contribution in [3.05, 3.63) is 35.5 Å². The molecular weight excluding hydrogens is 348 g/mol. The second-order valence-electron chi connectivity index (χ2n) is 5.51. The molecule has 5 N–H and O–H groups in total. The first kappa shape index (κ1) is 18.6. The Balaban J connectivity index is 1.95. The summed E-state index contributed by atoms with van der Waals surface area (Å²) in [6, 6.07) is 5.47. The van der Waals surface area contributed by atoms with E-state index >= 15 is 0 Å². The van der Waals surface area contributed by atoms with Crippen LogP contribution < -0.4 is 16.4 Å². The van der Waals surface area contributed by atoms with Crippen molar-refractivity contribution in [3.63, 3.8) is 0 Å². The zero-order valence-electron chi connectivity index (χ0n) is 13.4. The van der Waals surface area contributed by atoms with Crippen molar-refractivity contribution in [3.8, 4) is 0 Å². The molecule has 0 aliphatic rings. The SMILES string of the molecule is NC(=O)NCCC[C@@H](NC(=O)Cn1ccc2c(Cl)cccc21)C(=O)O. The molecule has 0 spiro atoms. The number of rotatable bonds is 8. The van der Waals surface area contributed by atoms with Gasteiger partial charge in [0.15, 0.2) is 0 Å². The summed E-state index contributed by atoms with van der Waals surface area (Å²) in [7, 11) is 0. The zero-order chi connectivity index (χ0) is 18.4. The average molecular weight is 367 g/mol. The summed E-state index contributed by atoms with van der Waals surface area (Å²) in [5.74, 6) is -1.56. The van der Waals surface area contributed by atoms with E-state index in [4.69, 9.17) is 17.3 Å². The Kier molecular flexibility index (Phi) is 6.24. The lowest BCUT2D eigenvalue weighted by Crippen LogP contribution is -2.42. The predicted molar refractivity (Wildman–Crippen MR) is 93.3 cm³/mol. The van der Waals surface area contributed by atoms with Crippen LogP contribution in [0.5, 0.6) is 0 Å². The number of primary amides is 1. The Morgan fingerprint density at radius 3 is 2.72 bits per heavy atom. The average Bonchev–Trinajstić information content (AvgIpc) is 2.94. The maximum Gasteiger partial charge on any atom is 0.326 e. The van der Waals surface area contributed by atoms with E-state index in [-0.39, 0.29) is 19.5 Å². The molecule has 0 bridgehead atoms. The fourth-order valence-corrected chi connectivity index (χ4v) is 2.73. The highest BCUT2D eigenvalue weighted by Gasteiger charge is 2.20. The molecule has 3 amide bonds. The van der Waals surface area contributed by atoms with E-state index in [0.717, 1.165) is 10.9 Å². The number of carbonyl (C=O) groups is 3. The highest BCUT2D eigenvalue weighted by molar-refractivity contribution is 6.35. The summed E-state index contributed by atoms with van der Waals surface area (Å²) in [6.45, 7) is 0.225. The minimum Gasteiger partial charge on any atom is -0.480 e.